The Morgan fingerprint density at radius 2 is 2.05 bits per heavy atom. The van der Waals surface area contributed by atoms with Gasteiger partial charge in [0.1, 0.15) is 0 Å². The standard InChI is InChI=1S/C13H17N3O2.ClH/c1-7-5-4-6-10(8(7)2)9(3)11(14)12-15-16-13(17)18-12;/h4-6,9,11H,14H2,1-3H3,(H,16,17);1H/t9-,11+;/m1./s1. The molecule has 0 saturated heterocycles. The predicted octanol–water partition coefficient (Wildman–Crippen LogP) is 2.21. The number of benzene rings is 1. The van der Waals surface area contributed by atoms with Gasteiger partial charge >= 0.3 is 5.76 Å². The zero-order valence-corrected chi connectivity index (χ0v) is 12.0. The van der Waals surface area contributed by atoms with Crippen LogP contribution >= 0.6 is 12.4 Å². The van der Waals surface area contributed by atoms with Gasteiger partial charge in [-0.2, -0.15) is 0 Å². The first-order valence-corrected chi connectivity index (χ1v) is 5.87. The Morgan fingerprint density at radius 3 is 2.63 bits per heavy atom. The molecule has 2 rings (SSSR count). The summed E-state index contributed by atoms with van der Waals surface area (Å²) in [6.07, 6.45) is 0. The third-order valence-corrected chi connectivity index (χ3v) is 3.42. The molecule has 3 N–H and O–H groups in total. The third-order valence-electron chi connectivity index (χ3n) is 3.42. The van der Waals surface area contributed by atoms with Crippen molar-refractivity contribution in [2.75, 3.05) is 0 Å². The fourth-order valence-electron chi connectivity index (χ4n) is 2.06. The molecule has 0 fully saturated rings. The molecule has 1 aromatic heterocycles. The van der Waals surface area contributed by atoms with Crippen LogP contribution in [-0.4, -0.2) is 10.2 Å². The topological polar surface area (TPSA) is 84.9 Å². The lowest BCUT2D eigenvalue weighted by Gasteiger charge is -2.20. The van der Waals surface area contributed by atoms with Crippen molar-refractivity contribution < 1.29 is 4.42 Å². The van der Waals surface area contributed by atoms with Crippen LogP contribution in [0.1, 0.15) is 41.5 Å². The Hall–Kier alpha value is -1.59. The fraction of sp³-hybridized carbons (Fsp3) is 0.385. The van der Waals surface area contributed by atoms with Crippen molar-refractivity contribution >= 4 is 12.4 Å². The molecule has 1 heterocycles. The van der Waals surface area contributed by atoms with Gasteiger partial charge in [0.05, 0.1) is 6.04 Å². The Morgan fingerprint density at radius 1 is 1.37 bits per heavy atom. The highest BCUT2D eigenvalue weighted by Gasteiger charge is 2.23. The number of aryl methyl sites for hydroxylation is 1. The number of nitrogens with one attached hydrogen (secondary N) is 1. The van der Waals surface area contributed by atoms with Crippen molar-refractivity contribution in [1.29, 1.82) is 0 Å². The Balaban J connectivity index is 0.00000180. The van der Waals surface area contributed by atoms with Crippen molar-refractivity contribution in [1.82, 2.24) is 10.2 Å². The van der Waals surface area contributed by atoms with Crippen molar-refractivity contribution in [3.8, 4) is 0 Å². The van der Waals surface area contributed by atoms with Gasteiger partial charge in [0.15, 0.2) is 0 Å². The number of rotatable bonds is 3. The number of halogens is 1. The lowest BCUT2D eigenvalue weighted by Crippen LogP contribution is -2.19. The summed E-state index contributed by atoms with van der Waals surface area (Å²) in [5.41, 5.74) is 9.66. The van der Waals surface area contributed by atoms with Crippen molar-refractivity contribution in [3.63, 3.8) is 0 Å². The summed E-state index contributed by atoms with van der Waals surface area (Å²) >= 11 is 0. The van der Waals surface area contributed by atoms with Gasteiger partial charge in [-0.25, -0.2) is 9.89 Å². The lowest BCUT2D eigenvalue weighted by molar-refractivity contribution is 0.401. The summed E-state index contributed by atoms with van der Waals surface area (Å²) in [5.74, 6) is -0.307. The minimum Gasteiger partial charge on any atom is -0.391 e. The highest BCUT2D eigenvalue weighted by molar-refractivity contribution is 5.85. The molecule has 0 bridgehead atoms. The molecule has 0 unspecified atom stereocenters. The number of aromatic amines is 1. The third kappa shape index (κ3) is 3.05. The molecule has 19 heavy (non-hydrogen) atoms. The molecule has 0 aliphatic carbocycles. The molecule has 0 saturated carbocycles. The zero-order chi connectivity index (χ0) is 13.3. The average Bonchev–Trinajstić information content (AvgIpc) is 2.77. The SMILES string of the molecule is Cc1cccc([C@@H](C)[C@H](N)c2n[nH]c(=O)o2)c1C.Cl. The summed E-state index contributed by atoms with van der Waals surface area (Å²) in [7, 11) is 0. The van der Waals surface area contributed by atoms with E-state index < -0.39 is 11.8 Å². The highest BCUT2D eigenvalue weighted by Crippen LogP contribution is 2.30. The number of nitrogens with two attached hydrogens (primary N) is 1. The molecule has 0 amide bonds. The first kappa shape index (κ1) is 15.5. The Labute approximate surface area is 117 Å². The average molecular weight is 284 g/mol. The Bertz CT molecular complexity index is 606. The maximum absolute atomic E-state index is 10.9. The number of hydrogen-bond acceptors (Lipinski definition) is 4. The predicted molar refractivity (Wildman–Crippen MR) is 75.6 cm³/mol. The molecule has 0 aliphatic rings. The van der Waals surface area contributed by atoms with Gasteiger partial charge in [-0.15, -0.1) is 17.5 Å². The second-order valence-electron chi connectivity index (χ2n) is 4.55. The van der Waals surface area contributed by atoms with Crippen molar-refractivity contribution in [2.45, 2.75) is 32.7 Å². The van der Waals surface area contributed by atoms with Crippen LogP contribution < -0.4 is 11.5 Å². The van der Waals surface area contributed by atoms with E-state index in [1.165, 1.54) is 11.1 Å². The van der Waals surface area contributed by atoms with E-state index in [0.717, 1.165) is 5.56 Å². The van der Waals surface area contributed by atoms with Crippen LogP contribution in [0.5, 0.6) is 0 Å². The number of hydrogen-bond donors (Lipinski definition) is 2. The maximum Gasteiger partial charge on any atom is 0.434 e. The van der Waals surface area contributed by atoms with Crippen LogP contribution in [0.25, 0.3) is 0 Å². The lowest BCUT2D eigenvalue weighted by atomic mass is 9.89. The molecule has 6 heteroatoms. The van der Waals surface area contributed by atoms with Gasteiger partial charge in [0, 0.05) is 5.92 Å². The maximum atomic E-state index is 10.9. The number of nitrogens with zero attached hydrogens (tertiary/aromatic N) is 1. The fourth-order valence-corrected chi connectivity index (χ4v) is 2.06. The van der Waals surface area contributed by atoms with E-state index >= 15 is 0 Å². The van der Waals surface area contributed by atoms with Gasteiger partial charge in [0.2, 0.25) is 5.89 Å². The zero-order valence-electron chi connectivity index (χ0n) is 11.1. The number of H-pyrrole nitrogens is 1. The van der Waals surface area contributed by atoms with Gasteiger partial charge in [0.25, 0.3) is 0 Å². The second kappa shape index (κ2) is 6.04. The van der Waals surface area contributed by atoms with Crippen LogP contribution in [0.4, 0.5) is 0 Å². The van der Waals surface area contributed by atoms with Crippen molar-refractivity contribution in [2.24, 2.45) is 5.73 Å². The van der Waals surface area contributed by atoms with Gasteiger partial charge in [-0.05, 0) is 30.5 Å². The molecule has 2 aromatic rings. The van der Waals surface area contributed by atoms with E-state index in [9.17, 15) is 4.79 Å². The molecule has 5 nitrogen and oxygen atoms in total. The monoisotopic (exact) mass is 283 g/mol. The smallest absolute Gasteiger partial charge is 0.391 e. The second-order valence-corrected chi connectivity index (χ2v) is 4.55. The minimum absolute atomic E-state index is 0. The summed E-state index contributed by atoms with van der Waals surface area (Å²) in [6, 6.07) is 5.66. The van der Waals surface area contributed by atoms with Crippen LogP contribution in [-0.2, 0) is 0 Å². The molecule has 2 atom stereocenters. The van der Waals surface area contributed by atoms with E-state index in [4.69, 9.17) is 10.2 Å². The largest absolute Gasteiger partial charge is 0.434 e. The first-order chi connectivity index (χ1) is 8.50. The van der Waals surface area contributed by atoms with E-state index in [0.29, 0.717) is 0 Å². The van der Waals surface area contributed by atoms with Crippen LogP contribution in [0.3, 0.4) is 0 Å². The molecule has 104 valence electrons. The van der Waals surface area contributed by atoms with Crippen LogP contribution in [0, 0.1) is 13.8 Å². The summed E-state index contributed by atoms with van der Waals surface area (Å²) in [4.78, 5) is 10.9. The molecule has 0 aliphatic heterocycles. The van der Waals surface area contributed by atoms with E-state index in [-0.39, 0.29) is 24.2 Å². The molecule has 0 radical (unpaired) electrons. The first-order valence-electron chi connectivity index (χ1n) is 5.87. The van der Waals surface area contributed by atoms with Crippen LogP contribution in [0.15, 0.2) is 27.4 Å². The molecule has 1 aromatic carbocycles. The molecular weight excluding hydrogens is 266 g/mol. The minimum atomic E-state index is -0.575. The van der Waals surface area contributed by atoms with Gasteiger partial charge in [-0.3, -0.25) is 0 Å². The Kier molecular flexibility index (Phi) is 4.91. The summed E-state index contributed by atoms with van der Waals surface area (Å²) in [6.45, 7) is 6.13. The normalized spacial score (nSPS) is 13.7. The van der Waals surface area contributed by atoms with E-state index in [1.807, 2.05) is 19.1 Å². The van der Waals surface area contributed by atoms with Gasteiger partial charge in [-0.1, -0.05) is 25.1 Å². The van der Waals surface area contributed by atoms with Crippen molar-refractivity contribution in [3.05, 3.63) is 51.3 Å². The molecule has 0 spiro atoms. The van der Waals surface area contributed by atoms with E-state index in [2.05, 4.69) is 30.1 Å². The van der Waals surface area contributed by atoms with Crippen LogP contribution in [0.2, 0.25) is 0 Å². The molecular formula is C13H18ClN3O2. The quantitative estimate of drug-likeness (QED) is 0.904. The summed E-state index contributed by atoms with van der Waals surface area (Å²) < 4.78 is 4.91. The summed E-state index contributed by atoms with van der Waals surface area (Å²) in [5, 5.41) is 6.01. The van der Waals surface area contributed by atoms with Gasteiger partial charge < -0.3 is 10.2 Å². The highest BCUT2D eigenvalue weighted by atomic mass is 35.5. The van der Waals surface area contributed by atoms with E-state index in [1.54, 1.807) is 0 Å². The number of aromatic nitrogens is 2.